The van der Waals surface area contributed by atoms with E-state index in [1.165, 1.54) is 0 Å². The normalized spacial score (nSPS) is 8.44. The van der Waals surface area contributed by atoms with E-state index in [0.29, 0.717) is 0 Å². The maximum Gasteiger partial charge on any atom is 0.379 e. The zero-order valence-electron chi connectivity index (χ0n) is 4.39. The fraction of sp³-hybridized carbons (Fsp3) is 0.250. The zero-order chi connectivity index (χ0) is 7.11. The van der Waals surface area contributed by atoms with E-state index in [2.05, 4.69) is 10.2 Å². The molecule has 1 heterocycles. The first-order valence-electron chi connectivity index (χ1n) is 2.09. The van der Waals surface area contributed by atoms with Crippen LogP contribution >= 0.6 is 0 Å². The molecule has 0 atom stereocenters. The fourth-order valence-electron chi connectivity index (χ4n) is 0.215. The minimum Gasteiger partial charge on any atom is -0.286 e. The predicted octanol–water partition coefficient (Wildman–Crippen LogP) is 1.59. The molecule has 1 N–H and O–H groups in total. The third kappa shape index (κ3) is 10.9. The molecule has 52 valence electrons. The Morgan fingerprint density at radius 1 is 1.33 bits per heavy atom. The second-order valence-electron chi connectivity index (χ2n) is 1.01. The highest BCUT2D eigenvalue weighted by Crippen LogP contribution is 1.87. The minimum absolute atomic E-state index is 1.69. The van der Waals surface area contributed by atoms with Gasteiger partial charge in [0.15, 0.2) is 0 Å². The average Bonchev–Trinajstić information content (AvgIpc) is 2.11. The number of alkyl halides is 3. The Morgan fingerprint density at radius 2 is 1.89 bits per heavy atom. The molecule has 2 nitrogen and oxygen atoms in total. The lowest BCUT2D eigenvalue weighted by Gasteiger charge is -1.65. The zero-order valence-corrected chi connectivity index (χ0v) is 4.39. The van der Waals surface area contributed by atoms with Gasteiger partial charge in [-0.3, -0.25) is 5.10 Å². The van der Waals surface area contributed by atoms with Crippen molar-refractivity contribution >= 4 is 0 Å². The summed E-state index contributed by atoms with van der Waals surface area (Å²) in [5.74, 6) is 0. The quantitative estimate of drug-likeness (QED) is 0.579. The van der Waals surface area contributed by atoms with Crippen LogP contribution in [0.4, 0.5) is 13.2 Å². The van der Waals surface area contributed by atoms with Crippen LogP contribution in [-0.4, -0.2) is 16.9 Å². The second kappa shape index (κ2) is 5.14. The lowest BCUT2D eigenvalue weighted by molar-refractivity contribution is 0.00819. The Hall–Kier alpha value is -1.00. The van der Waals surface area contributed by atoms with Crippen molar-refractivity contribution in [3.63, 3.8) is 0 Å². The van der Waals surface area contributed by atoms with Gasteiger partial charge < -0.3 is 0 Å². The van der Waals surface area contributed by atoms with Crippen molar-refractivity contribution in [1.82, 2.24) is 10.2 Å². The summed E-state index contributed by atoms with van der Waals surface area (Å²) in [6.45, 7) is -3.67. The number of hydrogen-bond acceptors (Lipinski definition) is 1. The van der Waals surface area contributed by atoms with Crippen molar-refractivity contribution in [3.05, 3.63) is 18.5 Å². The van der Waals surface area contributed by atoms with E-state index in [-0.39, 0.29) is 0 Å². The van der Waals surface area contributed by atoms with Gasteiger partial charge in [0.2, 0.25) is 0 Å². The molecule has 0 aliphatic heterocycles. The Balaban J connectivity index is 0.000000148. The number of nitrogens with zero attached hydrogens (tertiary/aromatic N) is 1. The molecule has 0 saturated carbocycles. The summed E-state index contributed by atoms with van der Waals surface area (Å²) >= 11 is 0. The Bertz CT molecular complexity index is 97.4. The molecule has 5 heteroatoms. The van der Waals surface area contributed by atoms with Gasteiger partial charge in [0, 0.05) is 12.4 Å². The van der Waals surface area contributed by atoms with Crippen LogP contribution in [0, 0.1) is 0 Å². The summed E-state index contributed by atoms with van der Waals surface area (Å²) in [6, 6.07) is 1.83. The number of rotatable bonds is 0. The number of hydrogen-bond donors (Lipinski definition) is 1. The third-order valence-corrected chi connectivity index (χ3v) is 0.406. The van der Waals surface area contributed by atoms with E-state index < -0.39 is 6.68 Å². The molecule has 0 aliphatic carbocycles. The molecule has 0 aromatic carbocycles. The molecule has 0 aliphatic rings. The Labute approximate surface area is 49.7 Å². The molecule has 9 heavy (non-hydrogen) atoms. The Morgan fingerprint density at radius 3 is 2.00 bits per heavy atom. The van der Waals surface area contributed by atoms with Gasteiger partial charge in [0.1, 0.15) is 0 Å². The van der Waals surface area contributed by atoms with Gasteiger partial charge in [-0.15, -0.1) is 0 Å². The maximum absolute atomic E-state index is 9.67. The number of aromatic nitrogens is 2. The molecular formula is C4H5F3N2. The van der Waals surface area contributed by atoms with E-state index in [0.717, 1.165) is 0 Å². The summed E-state index contributed by atoms with van der Waals surface area (Å²) in [4.78, 5) is 0. The van der Waals surface area contributed by atoms with Crippen LogP contribution in [0.25, 0.3) is 0 Å². The van der Waals surface area contributed by atoms with E-state index in [1.54, 1.807) is 12.4 Å². The highest BCUT2D eigenvalue weighted by Gasteiger charge is 1.86. The van der Waals surface area contributed by atoms with Crippen LogP contribution in [0.3, 0.4) is 0 Å². The summed E-state index contributed by atoms with van der Waals surface area (Å²) in [7, 11) is 0. The second-order valence-corrected chi connectivity index (χ2v) is 1.01. The number of nitrogens with one attached hydrogen (secondary N) is 1. The molecule has 1 aromatic heterocycles. The van der Waals surface area contributed by atoms with Crippen LogP contribution in [-0.2, 0) is 0 Å². The van der Waals surface area contributed by atoms with Crippen molar-refractivity contribution in [2.24, 2.45) is 0 Å². The summed E-state index contributed by atoms with van der Waals surface area (Å²) < 4.78 is 29.0. The molecule has 1 rings (SSSR count). The van der Waals surface area contributed by atoms with E-state index in [9.17, 15) is 13.2 Å². The minimum atomic E-state index is -3.67. The smallest absolute Gasteiger partial charge is 0.286 e. The molecular weight excluding hydrogens is 133 g/mol. The van der Waals surface area contributed by atoms with E-state index in [1.807, 2.05) is 6.07 Å². The molecule has 0 unspecified atom stereocenters. The largest absolute Gasteiger partial charge is 0.379 e. The molecule has 0 bridgehead atoms. The van der Waals surface area contributed by atoms with Gasteiger partial charge in [0.05, 0.1) is 0 Å². The van der Waals surface area contributed by atoms with Crippen molar-refractivity contribution in [2.75, 3.05) is 0 Å². The van der Waals surface area contributed by atoms with Gasteiger partial charge in [-0.1, -0.05) is 0 Å². The van der Waals surface area contributed by atoms with Gasteiger partial charge in [-0.2, -0.15) is 18.3 Å². The SMILES string of the molecule is FC(F)F.c1cn[nH]c1. The highest BCUT2D eigenvalue weighted by atomic mass is 19.4. The van der Waals surface area contributed by atoms with Crippen molar-refractivity contribution < 1.29 is 13.2 Å². The monoisotopic (exact) mass is 138 g/mol. The molecule has 0 fully saturated rings. The van der Waals surface area contributed by atoms with E-state index >= 15 is 0 Å². The van der Waals surface area contributed by atoms with Gasteiger partial charge in [-0.05, 0) is 6.07 Å². The predicted molar refractivity (Wildman–Crippen MR) is 25.7 cm³/mol. The van der Waals surface area contributed by atoms with Crippen LogP contribution in [0.5, 0.6) is 0 Å². The van der Waals surface area contributed by atoms with Crippen LogP contribution in [0.2, 0.25) is 0 Å². The fourth-order valence-corrected chi connectivity index (χ4v) is 0.215. The molecule has 0 radical (unpaired) electrons. The van der Waals surface area contributed by atoms with Gasteiger partial charge >= 0.3 is 6.68 Å². The molecule has 0 amide bonds. The third-order valence-electron chi connectivity index (χ3n) is 0.406. The van der Waals surface area contributed by atoms with Crippen LogP contribution < -0.4 is 0 Å². The number of halogens is 3. The summed E-state index contributed by atoms with van der Waals surface area (Å²) in [6.07, 6.45) is 3.46. The van der Waals surface area contributed by atoms with Gasteiger partial charge in [-0.25, -0.2) is 0 Å². The lowest BCUT2D eigenvalue weighted by Crippen LogP contribution is -1.65. The summed E-state index contributed by atoms with van der Waals surface area (Å²) in [5, 5.41) is 6.21. The van der Waals surface area contributed by atoms with Gasteiger partial charge in [0.25, 0.3) is 0 Å². The molecule has 1 aromatic rings. The average molecular weight is 138 g/mol. The van der Waals surface area contributed by atoms with Crippen LogP contribution in [0.1, 0.15) is 0 Å². The summed E-state index contributed by atoms with van der Waals surface area (Å²) in [5.41, 5.74) is 0. The molecule has 0 saturated heterocycles. The first kappa shape index (κ1) is 8.00. The highest BCUT2D eigenvalue weighted by molar-refractivity contribution is 4.72. The molecule has 0 spiro atoms. The first-order valence-corrected chi connectivity index (χ1v) is 2.09. The van der Waals surface area contributed by atoms with Crippen LogP contribution in [0.15, 0.2) is 18.5 Å². The number of aromatic amines is 1. The topological polar surface area (TPSA) is 28.7 Å². The lowest BCUT2D eigenvalue weighted by atomic mass is 10.8. The van der Waals surface area contributed by atoms with Crippen molar-refractivity contribution in [1.29, 1.82) is 0 Å². The number of H-pyrrole nitrogens is 1. The van der Waals surface area contributed by atoms with Crippen molar-refractivity contribution in [3.8, 4) is 0 Å². The van der Waals surface area contributed by atoms with Crippen molar-refractivity contribution in [2.45, 2.75) is 6.68 Å². The maximum atomic E-state index is 9.67. The Kier molecular flexibility index (Phi) is 4.57. The first-order chi connectivity index (χ1) is 4.23. The van der Waals surface area contributed by atoms with E-state index in [4.69, 9.17) is 0 Å². The standard InChI is InChI=1S/C3H4N2.CHF3/c1-2-4-5-3-1;2-1(3)4/h1-3H,(H,4,5);1H.